The molecule has 1 rings (SSSR count). The van der Waals surface area contributed by atoms with Crippen molar-refractivity contribution in [2.45, 2.75) is 46.1 Å². The van der Waals surface area contributed by atoms with Crippen LogP contribution in [-0.2, 0) is 11.2 Å². The molecule has 1 aromatic carbocycles. The molecule has 0 aliphatic heterocycles. The molecule has 0 atom stereocenters. The van der Waals surface area contributed by atoms with Gasteiger partial charge in [-0.15, -0.1) is 0 Å². The van der Waals surface area contributed by atoms with Crippen molar-refractivity contribution in [3.63, 3.8) is 0 Å². The minimum atomic E-state index is -0.743. The number of aliphatic carboxylic acids is 1. The van der Waals surface area contributed by atoms with E-state index < -0.39 is 5.97 Å². The van der Waals surface area contributed by atoms with Gasteiger partial charge in [-0.05, 0) is 44.4 Å². The van der Waals surface area contributed by atoms with E-state index in [1.807, 2.05) is 12.1 Å². The number of carboxylic acids is 1. The van der Waals surface area contributed by atoms with Gasteiger partial charge in [0, 0.05) is 19.1 Å². The van der Waals surface area contributed by atoms with Crippen LogP contribution in [0.25, 0.3) is 0 Å². The number of nitrogens with zero attached hydrogens (tertiary/aromatic N) is 1. The van der Waals surface area contributed by atoms with Gasteiger partial charge in [0.15, 0.2) is 0 Å². The van der Waals surface area contributed by atoms with Gasteiger partial charge >= 0.3 is 5.97 Å². The second-order valence-electron chi connectivity index (χ2n) is 5.47. The molecule has 0 saturated carbocycles. The van der Waals surface area contributed by atoms with Gasteiger partial charge in [-0.3, -0.25) is 4.79 Å². The summed E-state index contributed by atoms with van der Waals surface area (Å²) in [5.41, 5.74) is 1.31. The lowest BCUT2D eigenvalue weighted by Gasteiger charge is -2.25. The summed E-state index contributed by atoms with van der Waals surface area (Å²) in [4.78, 5) is 12.8. The summed E-state index contributed by atoms with van der Waals surface area (Å²) in [5, 5.41) is 8.76. The van der Waals surface area contributed by atoms with E-state index in [1.54, 1.807) is 0 Å². The molecule has 0 aliphatic rings. The number of hydrogen-bond donors (Lipinski definition) is 1. The lowest BCUT2D eigenvalue weighted by molar-refractivity contribution is -0.137. The highest BCUT2D eigenvalue weighted by Crippen LogP contribution is 2.13. The Morgan fingerprint density at radius 1 is 1.24 bits per heavy atom. The number of rotatable bonds is 10. The summed E-state index contributed by atoms with van der Waals surface area (Å²) in [6, 6.07) is 8.53. The van der Waals surface area contributed by atoms with Crippen LogP contribution in [-0.4, -0.2) is 41.7 Å². The molecule has 0 heterocycles. The van der Waals surface area contributed by atoms with Crippen molar-refractivity contribution in [1.82, 2.24) is 4.90 Å². The summed E-state index contributed by atoms with van der Waals surface area (Å²) in [6.45, 7) is 8.42. The van der Waals surface area contributed by atoms with E-state index in [1.165, 1.54) is 5.56 Å². The van der Waals surface area contributed by atoms with Gasteiger partial charge in [-0.1, -0.05) is 19.1 Å². The third-order valence-corrected chi connectivity index (χ3v) is 3.53. The van der Waals surface area contributed by atoms with Crippen molar-refractivity contribution in [3.05, 3.63) is 29.8 Å². The summed E-state index contributed by atoms with van der Waals surface area (Å²) in [5.74, 6) is 0.154. The molecule has 0 spiro atoms. The van der Waals surface area contributed by atoms with Crippen LogP contribution in [0.1, 0.15) is 39.2 Å². The van der Waals surface area contributed by atoms with Crippen molar-refractivity contribution in [3.8, 4) is 5.75 Å². The van der Waals surface area contributed by atoms with Crippen LogP contribution in [0.15, 0.2) is 24.3 Å². The fourth-order valence-electron chi connectivity index (χ4n) is 2.15. The number of benzene rings is 1. The normalized spacial score (nSPS) is 11.1. The SMILES string of the molecule is CCc1ccc(OCCCN(CCC(=O)O)C(C)C)cc1. The van der Waals surface area contributed by atoms with Crippen LogP contribution in [0, 0.1) is 0 Å². The van der Waals surface area contributed by atoms with Gasteiger partial charge in [0.25, 0.3) is 0 Å². The number of carboxylic acid groups (broad SMARTS) is 1. The molecule has 0 amide bonds. The van der Waals surface area contributed by atoms with Crippen molar-refractivity contribution in [2.75, 3.05) is 19.7 Å². The zero-order chi connectivity index (χ0) is 15.7. The van der Waals surface area contributed by atoms with Crippen LogP contribution in [0.5, 0.6) is 5.75 Å². The Bertz CT molecular complexity index is 415. The molecule has 0 aliphatic carbocycles. The Balaban J connectivity index is 2.28. The maximum Gasteiger partial charge on any atom is 0.304 e. The first-order valence-electron chi connectivity index (χ1n) is 7.70. The number of hydrogen-bond acceptors (Lipinski definition) is 3. The quantitative estimate of drug-likeness (QED) is 0.673. The minimum Gasteiger partial charge on any atom is -0.494 e. The Kier molecular flexibility index (Phi) is 7.83. The van der Waals surface area contributed by atoms with E-state index in [9.17, 15) is 4.79 Å². The standard InChI is InChI=1S/C17H27NO3/c1-4-15-6-8-16(9-7-15)21-13-5-11-18(14(2)3)12-10-17(19)20/h6-9,14H,4-5,10-13H2,1-3H3,(H,19,20). The molecular formula is C17H27NO3. The van der Waals surface area contributed by atoms with Gasteiger partial charge < -0.3 is 14.7 Å². The van der Waals surface area contributed by atoms with Gasteiger partial charge in [-0.2, -0.15) is 0 Å². The number of aryl methyl sites for hydroxylation is 1. The van der Waals surface area contributed by atoms with Crippen molar-refractivity contribution in [1.29, 1.82) is 0 Å². The van der Waals surface area contributed by atoms with E-state index in [0.29, 0.717) is 19.2 Å². The van der Waals surface area contributed by atoms with Crippen LogP contribution < -0.4 is 4.74 Å². The molecular weight excluding hydrogens is 266 g/mol. The third kappa shape index (κ3) is 7.14. The van der Waals surface area contributed by atoms with Gasteiger partial charge in [0.2, 0.25) is 0 Å². The number of ether oxygens (including phenoxy) is 1. The molecule has 1 N–H and O–H groups in total. The Morgan fingerprint density at radius 3 is 2.43 bits per heavy atom. The van der Waals surface area contributed by atoms with Crippen LogP contribution in [0.2, 0.25) is 0 Å². The van der Waals surface area contributed by atoms with E-state index in [2.05, 4.69) is 37.8 Å². The predicted octanol–water partition coefficient (Wildman–Crippen LogP) is 3.20. The average molecular weight is 293 g/mol. The highest BCUT2D eigenvalue weighted by atomic mass is 16.5. The summed E-state index contributed by atoms with van der Waals surface area (Å²) < 4.78 is 5.72. The number of carbonyl (C=O) groups is 1. The van der Waals surface area contributed by atoms with Gasteiger partial charge in [-0.25, -0.2) is 0 Å². The van der Waals surface area contributed by atoms with Crippen LogP contribution in [0.3, 0.4) is 0 Å². The molecule has 0 unspecified atom stereocenters. The second-order valence-corrected chi connectivity index (χ2v) is 5.47. The summed E-state index contributed by atoms with van der Waals surface area (Å²) >= 11 is 0. The average Bonchev–Trinajstić information content (AvgIpc) is 2.46. The molecule has 1 aromatic rings. The first-order valence-corrected chi connectivity index (χ1v) is 7.70. The zero-order valence-electron chi connectivity index (χ0n) is 13.3. The minimum absolute atomic E-state index is 0.192. The smallest absolute Gasteiger partial charge is 0.304 e. The highest BCUT2D eigenvalue weighted by Gasteiger charge is 2.10. The van der Waals surface area contributed by atoms with Crippen molar-refractivity contribution < 1.29 is 14.6 Å². The van der Waals surface area contributed by atoms with E-state index in [0.717, 1.165) is 25.1 Å². The first-order chi connectivity index (χ1) is 10.0. The van der Waals surface area contributed by atoms with E-state index >= 15 is 0 Å². The van der Waals surface area contributed by atoms with E-state index in [-0.39, 0.29) is 6.42 Å². The first kappa shape index (κ1) is 17.5. The Labute approximate surface area is 127 Å². The molecule has 0 saturated heterocycles. The molecule has 118 valence electrons. The molecule has 0 fully saturated rings. The monoisotopic (exact) mass is 293 g/mol. The fraction of sp³-hybridized carbons (Fsp3) is 0.588. The van der Waals surface area contributed by atoms with Crippen LogP contribution in [0.4, 0.5) is 0 Å². The molecule has 0 aromatic heterocycles. The summed E-state index contributed by atoms with van der Waals surface area (Å²) in [7, 11) is 0. The summed E-state index contributed by atoms with van der Waals surface area (Å²) in [6.07, 6.45) is 2.12. The molecule has 21 heavy (non-hydrogen) atoms. The van der Waals surface area contributed by atoms with Gasteiger partial charge in [0.1, 0.15) is 5.75 Å². The highest BCUT2D eigenvalue weighted by molar-refractivity contribution is 5.66. The zero-order valence-corrected chi connectivity index (χ0v) is 13.3. The topological polar surface area (TPSA) is 49.8 Å². The van der Waals surface area contributed by atoms with Gasteiger partial charge in [0.05, 0.1) is 13.0 Å². The largest absolute Gasteiger partial charge is 0.494 e. The maximum atomic E-state index is 10.6. The predicted molar refractivity (Wildman–Crippen MR) is 84.9 cm³/mol. The molecule has 0 radical (unpaired) electrons. The molecule has 4 nitrogen and oxygen atoms in total. The lowest BCUT2D eigenvalue weighted by atomic mass is 10.2. The van der Waals surface area contributed by atoms with Crippen molar-refractivity contribution >= 4 is 5.97 Å². The fourth-order valence-corrected chi connectivity index (χ4v) is 2.15. The Hall–Kier alpha value is -1.55. The lowest BCUT2D eigenvalue weighted by Crippen LogP contribution is -2.34. The Morgan fingerprint density at radius 2 is 1.90 bits per heavy atom. The van der Waals surface area contributed by atoms with E-state index in [4.69, 9.17) is 9.84 Å². The third-order valence-electron chi connectivity index (χ3n) is 3.53. The van der Waals surface area contributed by atoms with Crippen LogP contribution >= 0.6 is 0 Å². The van der Waals surface area contributed by atoms with Crippen molar-refractivity contribution in [2.24, 2.45) is 0 Å². The second kappa shape index (κ2) is 9.40. The molecule has 4 heteroatoms. The molecule has 0 bridgehead atoms. The maximum absolute atomic E-state index is 10.6.